The van der Waals surface area contributed by atoms with Crippen LogP contribution < -0.4 is 0 Å². The van der Waals surface area contributed by atoms with Crippen molar-refractivity contribution in [3.05, 3.63) is 0 Å². The molecule has 0 bridgehead atoms. The molecule has 0 aliphatic rings. The molecule has 0 aromatic carbocycles. The Bertz CT molecular complexity index is 162. The van der Waals surface area contributed by atoms with E-state index < -0.39 is 0 Å². The molecule has 1 nitrogen and oxygen atoms in total. The van der Waals surface area contributed by atoms with Gasteiger partial charge in [0.1, 0.15) is 0 Å². The molecule has 0 aromatic rings. The van der Waals surface area contributed by atoms with Crippen LogP contribution in [0.4, 0.5) is 0 Å². The fourth-order valence-corrected chi connectivity index (χ4v) is 2.53. The first-order valence-corrected chi connectivity index (χ1v) is 8.14. The molecule has 0 rings (SSSR count). The molecule has 0 aliphatic carbocycles. The lowest BCUT2D eigenvalue weighted by molar-refractivity contribution is 0.215. The fourth-order valence-electron chi connectivity index (χ4n) is 2.53. The molecule has 0 saturated carbocycles. The average molecular weight is 255 g/mol. The van der Waals surface area contributed by atoms with Crippen LogP contribution in [0.25, 0.3) is 0 Å². The molecule has 0 saturated heterocycles. The lowest BCUT2D eigenvalue weighted by atomic mass is 10.0. The molecule has 1 heteroatoms. The van der Waals surface area contributed by atoms with Crippen molar-refractivity contribution in [2.24, 2.45) is 17.8 Å². The summed E-state index contributed by atoms with van der Waals surface area (Å²) in [6.45, 7) is 17.8. The Morgan fingerprint density at radius 2 is 1.11 bits per heavy atom. The van der Waals surface area contributed by atoms with E-state index >= 15 is 0 Å². The highest BCUT2D eigenvalue weighted by Crippen LogP contribution is 2.11. The summed E-state index contributed by atoms with van der Waals surface area (Å²) in [4.78, 5) is 2.66. The Kier molecular flexibility index (Phi) is 10.8. The standard InChI is InChI=1S/C17H37N/c1-15(2)11-9-7-8-10-12-18(13-16(3)4)14-17(5)6/h15-17H,7-14H2,1-6H3. The van der Waals surface area contributed by atoms with Gasteiger partial charge in [-0.2, -0.15) is 0 Å². The zero-order valence-corrected chi connectivity index (χ0v) is 13.8. The second-order valence-electron chi connectivity index (χ2n) is 7.14. The summed E-state index contributed by atoms with van der Waals surface area (Å²) in [5, 5.41) is 0. The lowest BCUT2D eigenvalue weighted by Gasteiger charge is -2.26. The van der Waals surface area contributed by atoms with Crippen LogP contribution >= 0.6 is 0 Å². The van der Waals surface area contributed by atoms with Crippen molar-refractivity contribution < 1.29 is 0 Å². The molecule has 18 heavy (non-hydrogen) atoms. The number of unbranched alkanes of at least 4 members (excludes halogenated alkanes) is 3. The summed E-state index contributed by atoms with van der Waals surface area (Å²) in [7, 11) is 0. The third-order valence-corrected chi connectivity index (χ3v) is 3.25. The topological polar surface area (TPSA) is 3.24 Å². The van der Waals surface area contributed by atoms with E-state index in [0.717, 1.165) is 17.8 Å². The van der Waals surface area contributed by atoms with Gasteiger partial charge in [-0.05, 0) is 30.7 Å². The van der Waals surface area contributed by atoms with Crippen LogP contribution in [0.3, 0.4) is 0 Å². The smallest absolute Gasteiger partial charge is 0.000449 e. The maximum absolute atomic E-state index is 2.66. The first kappa shape index (κ1) is 18.0. The van der Waals surface area contributed by atoms with Crippen LogP contribution in [0.2, 0.25) is 0 Å². The molecule has 0 radical (unpaired) electrons. The molecule has 110 valence electrons. The minimum atomic E-state index is 0.796. The van der Waals surface area contributed by atoms with E-state index in [-0.39, 0.29) is 0 Å². The number of hydrogen-bond acceptors (Lipinski definition) is 1. The van der Waals surface area contributed by atoms with Gasteiger partial charge in [0, 0.05) is 13.1 Å². The van der Waals surface area contributed by atoms with E-state index in [2.05, 4.69) is 46.4 Å². The van der Waals surface area contributed by atoms with Crippen LogP contribution in [0, 0.1) is 17.8 Å². The fraction of sp³-hybridized carbons (Fsp3) is 1.00. The first-order valence-electron chi connectivity index (χ1n) is 8.14. The van der Waals surface area contributed by atoms with Crippen molar-refractivity contribution in [1.82, 2.24) is 4.90 Å². The first-order chi connectivity index (χ1) is 8.41. The van der Waals surface area contributed by atoms with Gasteiger partial charge >= 0.3 is 0 Å². The predicted octanol–water partition coefficient (Wildman–Crippen LogP) is 5.21. The Labute approximate surface area is 116 Å². The summed E-state index contributed by atoms with van der Waals surface area (Å²) in [6, 6.07) is 0. The van der Waals surface area contributed by atoms with E-state index in [9.17, 15) is 0 Å². The van der Waals surface area contributed by atoms with Crippen molar-refractivity contribution in [2.45, 2.75) is 73.6 Å². The molecule has 0 spiro atoms. The minimum Gasteiger partial charge on any atom is -0.303 e. The van der Waals surface area contributed by atoms with Gasteiger partial charge in [0.25, 0.3) is 0 Å². The minimum absolute atomic E-state index is 0.796. The number of nitrogens with zero attached hydrogens (tertiary/aromatic N) is 1. The van der Waals surface area contributed by atoms with Gasteiger partial charge in [-0.25, -0.2) is 0 Å². The van der Waals surface area contributed by atoms with Gasteiger partial charge in [0.15, 0.2) is 0 Å². The molecule has 0 fully saturated rings. The third-order valence-electron chi connectivity index (χ3n) is 3.25. The summed E-state index contributed by atoms with van der Waals surface area (Å²) in [6.07, 6.45) is 7.06. The summed E-state index contributed by atoms with van der Waals surface area (Å²) in [5.74, 6) is 2.47. The Morgan fingerprint density at radius 1 is 0.611 bits per heavy atom. The molecule has 0 amide bonds. The molecule has 0 aliphatic heterocycles. The second-order valence-corrected chi connectivity index (χ2v) is 7.14. The third kappa shape index (κ3) is 12.4. The second kappa shape index (κ2) is 10.8. The van der Waals surface area contributed by atoms with Crippen molar-refractivity contribution in [3.8, 4) is 0 Å². The highest BCUT2D eigenvalue weighted by molar-refractivity contribution is 4.63. The number of rotatable bonds is 11. The van der Waals surface area contributed by atoms with Gasteiger partial charge in [0.05, 0.1) is 0 Å². The van der Waals surface area contributed by atoms with Gasteiger partial charge in [-0.15, -0.1) is 0 Å². The van der Waals surface area contributed by atoms with Gasteiger partial charge in [-0.1, -0.05) is 67.2 Å². The van der Waals surface area contributed by atoms with E-state index in [1.807, 2.05) is 0 Å². The SMILES string of the molecule is CC(C)CCCCCCN(CC(C)C)CC(C)C. The van der Waals surface area contributed by atoms with Crippen LogP contribution in [0.1, 0.15) is 73.6 Å². The molecular formula is C17H37N. The van der Waals surface area contributed by atoms with Crippen molar-refractivity contribution >= 4 is 0 Å². The van der Waals surface area contributed by atoms with Gasteiger partial charge in [-0.3, -0.25) is 0 Å². The monoisotopic (exact) mass is 255 g/mol. The maximum Gasteiger partial charge on any atom is 0.000449 e. The molecule has 0 aromatic heterocycles. The normalized spacial score (nSPS) is 12.3. The van der Waals surface area contributed by atoms with E-state index in [1.165, 1.54) is 51.7 Å². The van der Waals surface area contributed by atoms with Crippen molar-refractivity contribution in [3.63, 3.8) is 0 Å². The Morgan fingerprint density at radius 3 is 1.56 bits per heavy atom. The average Bonchev–Trinajstić information content (AvgIpc) is 2.20. The van der Waals surface area contributed by atoms with Crippen LogP contribution in [0.15, 0.2) is 0 Å². The van der Waals surface area contributed by atoms with Gasteiger partial charge in [0.2, 0.25) is 0 Å². The number of hydrogen-bond donors (Lipinski definition) is 0. The molecule has 0 N–H and O–H groups in total. The van der Waals surface area contributed by atoms with E-state index in [4.69, 9.17) is 0 Å². The van der Waals surface area contributed by atoms with Gasteiger partial charge < -0.3 is 4.90 Å². The van der Waals surface area contributed by atoms with Crippen molar-refractivity contribution in [1.29, 1.82) is 0 Å². The molecular weight excluding hydrogens is 218 g/mol. The zero-order chi connectivity index (χ0) is 14.0. The molecule has 0 atom stereocenters. The van der Waals surface area contributed by atoms with Crippen molar-refractivity contribution in [2.75, 3.05) is 19.6 Å². The summed E-state index contributed by atoms with van der Waals surface area (Å²) >= 11 is 0. The maximum atomic E-state index is 2.66. The highest BCUT2D eigenvalue weighted by Gasteiger charge is 2.08. The predicted molar refractivity (Wildman–Crippen MR) is 84.0 cm³/mol. The largest absolute Gasteiger partial charge is 0.303 e. The summed E-state index contributed by atoms with van der Waals surface area (Å²) in [5.41, 5.74) is 0. The lowest BCUT2D eigenvalue weighted by Crippen LogP contribution is -2.32. The quantitative estimate of drug-likeness (QED) is 0.458. The van der Waals surface area contributed by atoms with E-state index in [0.29, 0.717) is 0 Å². The Balaban J connectivity index is 3.62. The van der Waals surface area contributed by atoms with Crippen LogP contribution in [0.5, 0.6) is 0 Å². The Hall–Kier alpha value is -0.0400. The molecule has 0 unspecified atom stereocenters. The van der Waals surface area contributed by atoms with Crippen LogP contribution in [-0.4, -0.2) is 24.5 Å². The van der Waals surface area contributed by atoms with Crippen LogP contribution in [-0.2, 0) is 0 Å². The molecule has 0 heterocycles. The zero-order valence-electron chi connectivity index (χ0n) is 13.8. The highest BCUT2D eigenvalue weighted by atomic mass is 15.1. The van der Waals surface area contributed by atoms with E-state index in [1.54, 1.807) is 0 Å². The summed E-state index contributed by atoms with van der Waals surface area (Å²) < 4.78 is 0.